The van der Waals surface area contributed by atoms with E-state index < -0.39 is 36.4 Å². The second-order valence-electron chi connectivity index (χ2n) is 2.48. The standard InChI is InChI=1S/C6H8O7.H3NO.H2O2/c7-3(8)1-6(13,5(11)12)2-4(9)10;2*1-2/h13H,1-2H2,(H,7,8)(H,9,10)(H,11,12);2H,1H2;1-2H. The molecule has 0 aromatic carbocycles. The predicted octanol–water partition coefficient (Wildman–Crippen LogP) is -1.90. The molecular weight excluding hydrogens is 246 g/mol. The number of aliphatic carboxylic acids is 3. The zero-order chi connectivity index (χ0) is 14.6. The Morgan fingerprint density at radius 3 is 1.24 bits per heavy atom. The number of nitrogens with two attached hydrogens (primary N) is 1. The van der Waals surface area contributed by atoms with Crippen molar-refractivity contribution < 1.29 is 50.5 Å². The van der Waals surface area contributed by atoms with Gasteiger partial charge in [0, 0.05) is 0 Å². The number of hydrogen-bond donors (Lipinski definition) is 8. The molecule has 0 saturated carbocycles. The first kappa shape index (κ1) is 20.6. The van der Waals surface area contributed by atoms with Crippen molar-refractivity contribution in [2.75, 3.05) is 0 Å². The fraction of sp³-hybridized carbons (Fsp3) is 0.500. The van der Waals surface area contributed by atoms with E-state index in [4.69, 9.17) is 36.1 Å². The predicted molar refractivity (Wildman–Crippen MR) is 48.3 cm³/mol. The fourth-order valence-electron chi connectivity index (χ4n) is 0.714. The van der Waals surface area contributed by atoms with E-state index in [1.807, 2.05) is 0 Å². The van der Waals surface area contributed by atoms with Gasteiger partial charge >= 0.3 is 17.9 Å². The van der Waals surface area contributed by atoms with Crippen molar-refractivity contribution in [3.05, 3.63) is 0 Å². The van der Waals surface area contributed by atoms with Gasteiger partial charge in [0.05, 0.1) is 12.8 Å². The molecule has 0 saturated heterocycles. The van der Waals surface area contributed by atoms with Crippen molar-refractivity contribution >= 4 is 17.9 Å². The third-order valence-corrected chi connectivity index (χ3v) is 1.29. The minimum atomic E-state index is -2.74. The highest BCUT2D eigenvalue weighted by atomic mass is 17.0. The number of rotatable bonds is 5. The van der Waals surface area contributed by atoms with E-state index in [0.29, 0.717) is 0 Å². The molecule has 11 nitrogen and oxygen atoms in total. The van der Waals surface area contributed by atoms with E-state index in [1.165, 1.54) is 0 Å². The van der Waals surface area contributed by atoms with E-state index in [-0.39, 0.29) is 0 Å². The Hall–Kier alpha value is -1.79. The summed E-state index contributed by atoms with van der Waals surface area (Å²) < 4.78 is 0. The summed E-state index contributed by atoms with van der Waals surface area (Å²) in [5.74, 6) is -1.52. The number of carbonyl (C=O) groups is 3. The summed E-state index contributed by atoms with van der Waals surface area (Å²) in [6.45, 7) is 0. The van der Waals surface area contributed by atoms with E-state index in [1.54, 1.807) is 0 Å². The summed E-state index contributed by atoms with van der Waals surface area (Å²) in [5, 5.41) is 52.3. The van der Waals surface area contributed by atoms with Crippen molar-refractivity contribution in [3.8, 4) is 0 Å². The molecule has 0 heterocycles. The van der Waals surface area contributed by atoms with Crippen LogP contribution < -0.4 is 5.90 Å². The summed E-state index contributed by atoms with van der Waals surface area (Å²) in [6.07, 6.45) is -2.29. The van der Waals surface area contributed by atoms with Gasteiger partial charge in [-0.1, -0.05) is 0 Å². The van der Waals surface area contributed by atoms with E-state index in [2.05, 4.69) is 5.90 Å². The lowest BCUT2D eigenvalue weighted by atomic mass is 9.96. The lowest BCUT2D eigenvalue weighted by molar-refractivity contribution is -0.176. The minimum Gasteiger partial charge on any atom is -0.481 e. The molecule has 11 heteroatoms. The molecule has 0 rings (SSSR count). The van der Waals surface area contributed by atoms with Crippen molar-refractivity contribution in [3.63, 3.8) is 0 Å². The Bertz CT molecular complexity index is 235. The van der Waals surface area contributed by atoms with E-state index in [9.17, 15) is 14.4 Å². The average molecular weight is 259 g/mol. The lowest BCUT2D eigenvalue weighted by Crippen LogP contribution is -2.42. The van der Waals surface area contributed by atoms with Gasteiger partial charge in [0.2, 0.25) is 0 Å². The molecule has 17 heavy (non-hydrogen) atoms. The summed E-state index contributed by atoms with van der Waals surface area (Å²) in [5.41, 5.74) is -2.74. The Morgan fingerprint density at radius 1 is 0.882 bits per heavy atom. The van der Waals surface area contributed by atoms with E-state index >= 15 is 0 Å². The Labute approximate surface area is 93.8 Å². The second kappa shape index (κ2) is 10.7. The Morgan fingerprint density at radius 2 is 1.12 bits per heavy atom. The number of aliphatic hydroxyl groups is 1. The number of carboxylic acids is 3. The summed E-state index contributed by atoms with van der Waals surface area (Å²) in [7, 11) is 0. The summed E-state index contributed by atoms with van der Waals surface area (Å²) in [6, 6.07) is 0. The third-order valence-electron chi connectivity index (χ3n) is 1.29. The van der Waals surface area contributed by atoms with Crippen molar-refractivity contribution in [1.29, 1.82) is 0 Å². The zero-order valence-electron chi connectivity index (χ0n) is 8.35. The van der Waals surface area contributed by atoms with Crippen LogP contribution in [0.15, 0.2) is 0 Å². The molecular formula is C6H13NO10. The molecule has 9 N–H and O–H groups in total. The monoisotopic (exact) mass is 259 g/mol. The fourth-order valence-corrected chi connectivity index (χ4v) is 0.714. The van der Waals surface area contributed by atoms with Crippen molar-refractivity contribution in [1.82, 2.24) is 0 Å². The Balaban J connectivity index is -0.000000439. The molecule has 0 amide bonds. The second-order valence-corrected chi connectivity index (χ2v) is 2.48. The quantitative estimate of drug-likeness (QED) is 0.201. The van der Waals surface area contributed by atoms with Gasteiger partial charge in [0.25, 0.3) is 0 Å². The maximum Gasteiger partial charge on any atom is 0.336 e. The van der Waals surface area contributed by atoms with Crippen LogP contribution in [0, 0.1) is 0 Å². The largest absolute Gasteiger partial charge is 0.481 e. The van der Waals surface area contributed by atoms with Crippen LogP contribution in [0.4, 0.5) is 0 Å². The normalized spacial score (nSPS) is 9.00. The van der Waals surface area contributed by atoms with Gasteiger partial charge in [0.15, 0.2) is 5.60 Å². The van der Waals surface area contributed by atoms with Crippen LogP contribution in [0.5, 0.6) is 0 Å². The molecule has 0 aliphatic heterocycles. The highest BCUT2D eigenvalue weighted by Crippen LogP contribution is 2.15. The van der Waals surface area contributed by atoms with Gasteiger partial charge in [-0.25, -0.2) is 10.7 Å². The van der Waals surface area contributed by atoms with Gasteiger partial charge in [-0.3, -0.25) is 20.1 Å². The molecule has 0 aromatic heterocycles. The van der Waals surface area contributed by atoms with Crippen molar-refractivity contribution in [2.24, 2.45) is 5.90 Å². The van der Waals surface area contributed by atoms with Crippen LogP contribution in [0.3, 0.4) is 0 Å². The minimum absolute atomic E-state index is 1.14. The Kier molecular flexibility index (Phi) is 13.0. The highest BCUT2D eigenvalue weighted by molar-refractivity contribution is 5.88. The molecule has 0 unspecified atom stereocenters. The molecule has 102 valence electrons. The first-order valence-corrected chi connectivity index (χ1v) is 3.63. The van der Waals surface area contributed by atoms with Crippen LogP contribution in [0.1, 0.15) is 12.8 Å². The number of hydrogen-bond acceptors (Lipinski definition) is 8. The molecule has 0 aliphatic rings. The maximum atomic E-state index is 10.3. The topological polar surface area (TPSA) is 219 Å². The van der Waals surface area contributed by atoms with Crippen molar-refractivity contribution in [2.45, 2.75) is 18.4 Å². The van der Waals surface area contributed by atoms with Gasteiger partial charge in [-0.2, -0.15) is 0 Å². The molecule has 0 aliphatic carbocycles. The lowest BCUT2D eigenvalue weighted by Gasteiger charge is -2.18. The number of carboxylic acid groups (broad SMARTS) is 3. The first-order valence-electron chi connectivity index (χ1n) is 3.63. The first-order chi connectivity index (χ1) is 7.78. The van der Waals surface area contributed by atoms with Gasteiger partial charge < -0.3 is 25.6 Å². The van der Waals surface area contributed by atoms with Crippen LogP contribution in [0.2, 0.25) is 0 Å². The SMILES string of the molecule is NO.O=C(O)CC(O)(CC(=O)O)C(=O)O.OO. The highest BCUT2D eigenvalue weighted by Gasteiger charge is 2.40. The van der Waals surface area contributed by atoms with Gasteiger partial charge in [-0.15, -0.1) is 0 Å². The molecule has 0 spiro atoms. The summed E-state index contributed by atoms with van der Waals surface area (Å²) >= 11 is 0. The molecule has 0 atom stereocenters. The molecule has 0 fully saturated rings. The maximum absolute atomic E-state index is 10.3. The smallest absolute Gasteiger partial charge is 0.336 e. The molecule has 0 aromatic rings. The summed E-state index contributed by atoms with van der Waals surface area (Å²) in [4.78, 5) is 30.5. The average Bonchev–Trinajstić information content (AvgIpc) is 2.21. The third kappa shape index (κ3) is 10.5. The molecule has 0 bridgehead atoms. The van der Waals surface area contributed by atoms with E-state index in [0.717, 1.165) is 0 Å². The zero-order valence-corrected chi connectivity index (χ0v) is 8.35. The van der Waals surface area contributed by atoms with Crippen LogP contribution >= 0.6 is 0 Å². The van der Waals surface area contributed by atoms with Crippen LogP contribution in [0.25, 0.3) is 0 Å². The molecule has 0 radical (unpaired) electrons. The van der Waals surface area contributed by atoms with Gasteiger partial charge in [0.1, 0.15) is 0 Å². The van der Waals surface area contributed by atoms with Gasteiger partial charge in [-0.05, 0) is 0 Å². The van der Waals surface area contributed by atoms with Crippen LogP contribution in [-0.4, -0.2) is 59.7 Å². The van der Waals surface area contributed by atoms with Crippen LogP contribution in [-0.2, 0) is 14.4 Å².